The summed E-state index contributed by atoms with van der Waals surface area (Å²) in [5, 5.41) is 3.01. The first-order chi connectivity index (χ1) is 12.5. The van der Waals surface area contributed by atoms with Gasteiger partial charge in [0.05, 0.1) is 0 Å². The molecule has 0 saturated carbocycles. The molecule has 0 spiro atoms. The van der Waals surface area contributed by atoms with Gasteiger partial charge in [-0.05, 0) is 67.8 Å². The van der Waals surface area contributed by atoms with Crippen LogP contribution in [0.1, 0.15) is 32.6 Å². The summed E-state index contributed by atoms with van der Waals surface area (Å²) in [6.07, 6.45) is 0. The van der Waals surface area contributed by atoms with Crippen LogP contribution in [0.4, 0.5) is 5.69 Å². The van der Waals surface area contributed by atoms with Gasteiger partial charge >= 0.3 is 0 Å². The maximum atomic E-state index is 12.5. The van der Waals surface area contributed by atoms with Gasteiger partial charge in [-0.2, -0.15) is 0 Å². The fourth-order valence-electron chi connectivity index (χ4n) is 2.62. The highest BCUT2D eigenvalue weighted by atomic mass is 32.2. The van der Waals surface area contributed by atoms with Gasteiger partial charge in [0.2, 0.25) is 0 Å². The highest BCUT2D eigenvalue weighted by Gasteiger charge is 2.08. The minimum Gasteiger partial charge on any atom is -0.322 e. The van der Waals surface area contributed by atoms with Crippen molar-refractivity contribution in [3.8, 4) is 0 Å². The third kappa shape index (κ3) is 4.77. The van der Waals surface area contributed by atoms with Crippen LogP contribution >= 0.6 is 11.8 Å². The summed E-state index contributed by atoms with van der Waals surface area (Å²) in [5.74, 6) is 0.818. The molecule has 0 fully saturated rings. The van der Waals surface area contributed by atoms with Crippen molar-refractivity contribution in [3.05, 3.63) is 94.5 Å². The number of carbonyl (C=O) groups is 1. The van der Waals surface area contributed by atoms with Crippen LogP contribution in [0.2, 0.25) is 0 Å². The average Bonchev–Trinajstić information content (AvgIpc) is 2.64. The van der Waals surface area contributed by atoms with E-state index in [1.165, 1.54) is 16.0 Å². The summed E-state index contributed by atoms with van der Waals surface area (Å²) in [6, 6.07) is 22.5. The molecule has 26 heavy (non-hydrogen) atoms. The molecule has 1 N–H and O–H groups in total. The van der Waals surface area contributed by atoms with Crippen LogP contribution in [-0.2, 0) is 5.75 Å². The number of amides is 1. The van der Waals surface area contributed by atoms with Crippen molar-refractivity contribution in [2.45, 2.75) is 31.4 Å². The van der Waals surface area contributed by atoms with E-state index >= 15 is 0 Å². The molecule has 3 heteroatoms. The summed E-state index contributed by atoms with van der Waals surface area (Å²) in [4.78, 5) is 13.7. The Labute approximate surface area is 159 Å². The van der Waals surface area contributed by atoms with E-state index in [2.05, 4.69) is 36.5 Å². The van der Waals surface area contributed by atoms with Crippen LogP contribution in [0, 0.1) is 20.8 Å². The van der Waals surface area contributed by atoms with E-state index in [4.69, 9.17) is 0 Å². The molecular weight excluding hydrogens is 338 g/mol. The van der Waals surface area contributed by atoms with Gasteiger partial charge in [0.25, 0.3) is 5.91 Å². The Balaban J connectivity index is 1.62. The van der Waals surface area contributed by atoms with Gasteiger partial charge in [0.15, 0.2) is 0 Å². The first kappa shape index (κ1) is 18.3. The molecule has 0 aromatic heterocycles. The molecule has 0 radical (unpaired) electrons. The minimum absolute atomic E-state index is 0.0727. The molecule has 1 amide bonds. The highest BCUT2D eigenvalue weighted by Crippen LogP contribution is 2.23. The lowest BCUT2D eigenvalue weighted by Gasteiger charge is -2.10. The maximum Gasteiger partial charge on any atom is 0.255 e. The average molecular weight is 362 g/mol. The number of rotatable bonds is 5. The van der Waals surface area contributed by atoms with Crippen LogP contribution < -0.4 is 5.32 Å². The van der Waals surface area contributed by atoms with E-state index in [1.54, 1.807) is 11.8 Å². The molecule has 0 saturated heterocycles. The lowest BCUT2D eigenvalue weighted by atomic mass is 10.1. The quantitative estimate of drug-likeness (QED) is 0.552. The lowest BCUT2D eigenvalue weighted by molar-refractivity contribution is 0.102. The molecule has 3 rings (SSSR count). The Hall–Kier alpha value is -2.52. The molecule has 132 valence electrons. The summed E-state index contributed by atoms with van der Waals surface area (Å²) < 4.78 is 0. The number of hydrogen-bond donors (Lipinski definition) is 1. The Morgan fingerprint density at radius 3 is 2.19 bits per heavy atom. The molecular formula is C23H23NOS. The number of nitrogens with one attached hydrogen (secondary N) is 1. The standard InChI is InChI=1S/C23H23NOS/c1-16-5-12-21(13-6-16)26-15-19-8-10-20(11-9-19)23(25)24-22-14-17(2)4-7-18(22)3/h4-14H,15H2,1-3H3,(H,24,25). The van der Waals surface area contributed by atoms with Crippen LogP contribution in [0.5, 0.6) is 0 Å². The Bertz CT molecular complexity index is 898. The van der Waals surface area contributed by atoms with E-state index in [1.807, 2.05) is 56.3 Å². The van der Waals surface area contributed by atoms with Crippen molar-refractivity contribution >= 4 is 23.4 Å². The summed E-state index contributed by atoms with van der Waals surface area (Å²) in [5.41, 5.74) is 6.22. The number of benzene rings is 3. The van der Waals surface area contributed by atoms with Crippen molar-refractivity contribution in [1.82, 2.24) is 0 Å². The minimum atomic E-state index is -0.0727. The molecule has 3 aromatic rings. The maximum absolute atomic E-state index is 12.5. The largest absolute Gasteiger partial charge is 0.322 e. The zero-order valence-corrected chi connectivity index (χ0v) is 16.2. The Morgan fingerprint density at radius 2 is 1.50 bits per heavy atom. The van der Waals surface area contributed by atoms with Crippen LogP contribution in [0.3, 0.4) is 0 Å². The number of aryl methyl sites for hydroxylation is 3. The van der Waals surface area contributed by atoms with Gasteiger partial charge in [-0.3, -0.25) is 4.79 Å². The molecule has 0 atom stereocenters. The van der Waals surface area contributed by atoms with Crippen LogP contribution in [0.25, 0.3) is 0 Å². The van der Waals surface area contributed by atoms with Gasteiger partial charge in [0.1, 0.15) is 0 Å². The smallest absolute Gasteiger partial charge is 0.255 e. The summed E-state index contributed by atoms with van der Waals surface area (Å²) in [7, 11) is 0. The molecule has 0 bridgehead atoms. The molecule has 2 nitrogen and oxygen atoms in total. The van der Waals surface area contributed by atoms with Crippen LogP contribution in [-0.4, -0.2) is 5.91 Å². The summed E-state index contributed by atoms with van der Waals surface area (Å²) >= 11 is 1.80. The Morgan fingerprint density at radius 1 is 0.846 bits per heavy atom. The second-order valence-corrected chi connectivity index (χ2v) is 7.62. The predicted octanol–water partition coefficient (Wildman–Crippen LogP) is 6.16. The molecule has 0 heterocycles. The zero-order valence-electron chi connectivity index (χ0n) is 15.4. The molecule has 3 aromatic carbocycles. The first-order valence-electron chi connectivity index (χ1n) is 8.68. The van der Waals surface area contributed by atoms with Crippen LogP contribution in [0.15, 0.2) is 71.6 Å². The summed E-state index contributed by atoms with van der Waals surface area (Å²) in [6.45, 7) is 6.12. The molecule has 0 aliphatic rings. The second-order valence-electron chi connectivity index (χ2n) is 6.57. The van der Waals surface area contributed by atoms with Crippen molar-refractivity contribution in [2.24, 2.45) is 0 Å². The molecule has 0 aliphatic heterocycles. The SMILES string of the molecule is Cc1ccc(SCc2ccc(C(=O)Nc3cc(C)ccc3C)cc2)cc1. The van der Waals surface area contributed by atoms with Crippen molar-refractivity contribution in [2.75, 3.05) is 5.32 Å². The third-order valence-electron chi connectivity index (χ3n) is 4.28. The van der Waals surface area contributed by atoms with E-state index in [0.29, 0.717) is 5.56 Å². The predicted molar refractivity (Wildman–Crippen MR) is 111 cm³/mol. The normalized spacial score (nSPS) is 10.6. The number of thioether (sulfide) groups is 1. The van der Waals surface area contributed by atoms with E-state index in [-0.39, 0.29) is 5.91 Å². The fraction of sp³-hybridized carbons (Fsp3) is 0.174. The van der Waals surface area contributed by atoms with Crippen molar-refractivity contribution < 1.29 is 4.79 Å². The third-order valence-corrected chi connectivity index (χ3v) is 5.37. The van der Waals surface area contributed by atoms with E-state index in [0.717, 1.165) is 22.6 Å². The van der Waals surface area contributed by atoms with Crippen molar-refractivity contribution in [3.63, 3.8) is 0 Å². The lowest BCUT2D eigenvalue weighted by Crippen LogP contribution is -2.12. The topological polar surface area (TPSA) is 29.1 Å². The number of anilines is 1. The monoisotopic (exact) mass is 361 g/mol. The second kappa shape index (κ2) is 8.24. The zero-order chi connectivity index (χ0) is 18.5. The molecule has 0 unspecified atom stereocenters. The molecule has 0 aliphatic carbocycles. The highest BCUT2D eigenvalue weighted by molar-refractivity contribution is 7.98. The number of carbonyl (C=O) groups excluding carboxylic acids is 1. The van der Waals surface area contributed by atoms with Gasteiger partial charge < -0.3 is 5.32 Å². The number of hydrogen-bond acceptors (Lipinski definition) is 2. The Kier molecular flexibility index (Phi) is 5.79. The van der Waals surface area contributed by atoms with Gasteiger partial charge in [-0.15, -0.1) is 11.8 Å². The van der Waals surface area contributed by atoms with Crippen molar-refractivity contribution in [1.29, 1.82) is 0 Å². The van der Waals surface area contributed by atoms with E-state index < -0.39 is 0 Å². The fourth-order valence-corrected chi connectivity index (χ4v) is 3.47. The van der Waals surface area contributed by atoms with E-state index in [9.17, 15) is 4.79 Å². The van der Waals surface area contributed by atoms with Gasteiger partial charge in [0, 0.05) is 21.9 Å². The first-order valence-corrected chi connectivity index (χ1v) is 9.67. The van der Waals surface area contributed by atoms with Gasteiger partial charge in [-0.25, -0.2) is 0 Å². The van der Waals surface area contributed by atoms with Gasteiger partial charge in [-0.1, -0.05) is 42.0 Å².